The summed E-state index contributed by atoms with van der Waals surface area (Å²) in [4.78, 5) is 2.40. The lowest BCUT2D eigenvalue weighted by molar-refractivity contribution is 0.157. The zero-order valence-electron chi connectivity index (χ0n) is 15.3. The molecule has 138 valence electrons. The van der Waals surface area contributed by atoms with E-state index in [9.17, 15) is 10.2 Å². The smallest absolute Gasteiger partial charge is 0.165 e. The van der Waals surface area contributed by atoms with Crippen molar-refractivity contribution >= 4 is 0 Å². The maximum absolute atomic E-state index is 10.4. The Kier molecular flexibility index (Phi) is 4.41. The summed E-state index contributed by atoms with van der Waals surface area (Å²) in [5, 5.41) is 20.5. The monoisotopic (exact) mass is 355 g/mol. The predicted octanol–water partition coefficient (Wildman–Crippen LogP) is 3.55. The summed E-state index contributed by atoms with van der Waals surface area (Å²) < 4.78 is 11.1. The first kappa shape index (κ1) is 17.0. The Morgan fingerprint density at radius 3 is 2.77 bits per heavy atom. The molecule has 1 atom stereocenters. The van der Waals surface area contributed by atoms with Gasteiger partial charge in [0.25, 0.3) is 0 Å². The predicted molar refractivity (Wildman–Crippen MR) is 99.1 cm³/mol. The number of nitrogens with zero attached hydrogens (tertiary/aromatic N) is 1. The van der Waals surface area contributed by atoms with Crippen LogP contribution in [0.1, 0.15) is 41.6 Å². The molecule has 5 nitrogen and oxygen atoms in total. The van der Waals surface area contributed by atoms with E-state index in [0.717, 1.165) is 37.9 Å². The second-order valence-corrected chi connectivity index (χ2v) is 7.06. The summed E-state index contributed by atoms with van der Waals surface area (Å²) >= 11 is 0. The highest BCUT2D eigenvalue weighted by molar-refractivity contribution is 5.54. The molecule has 2 aliphatic heterocycles. The van der Waals surface area contributed by atoms with Gasteiger partial charge in [-0.1, -0.05) is 13.0 Å². The molecule has 2 aromatic carbocycles. The average Bonchev–Trinajstić information content (AvgIpc) is 2.65. The first-order valence-corrected chi connectivity index (χ1v) is 9.22. The topological polar surface area (TPSA) is 62.2 Å². The van der Waals surface area contributed by atoms with Crippen LogP contribution in [-0.2, 0) is 19.4 Å². The Morgan fingerprint density at radius 1 is 1.15 bits per heavy atom. The fourth-order valence-corrected chi connectivity index (χ4v) is 4.19. The number of aromatic hydroxyl groups is 2. The molecule has 0 aromatic heterocycles. The Balaban J connectivity index is 1.70. The van der Waals surface area contributed by atoms with Gasteiger partial charge in [0.2, 0.25) is 0 Å². The molecule has 0 aliphatic carbocycles. The van der Waals surface area contributed by atoms with Crippen LogP contribution >= 0.6 is 0 Å². The SMILES string of the molecule is CCCOc1cc2c(cc1O)[C@@H]1Cc3ccc(O)c(OC)c3CN1CC2. The zero-order chi connectivity index (χ0) is 18.3. The molecule has 26 heavy (non-hydrogen) atoms. The minimum atomic E-state index is 0.192. The van der Waals surface area contributed by atoms with E-state index in [1.807, 2.05) is 18.2 Å². The second-order valence-electron chi connectivity index (χ2n) is 7.06. The molecule has 0 spiro atoms. The molecule has 0 amide bonds. The number of fused-ring (bicyclic) bond motifs is 4. The number of benzene rings is 2. The molecule has 2 heterocycles. The first-order valence-electron chi connectivity index (χ1n) is 9.22. The number of phenolic OH excluding ortho intramolecular Hbond substituents is 2. The second kappa shape index (κ2) is 6.72. The van der Waals surface area contributed by atoms with Crippen LogP contribution in [0.3, 0.4) is 0 Å². The molecule has 4 rings (SSSR count). The van der Waals surface area contributed by atoms with Crippen LogP contribution in [-0.4, -0.2) is 35.4 Å². The summed E-state index contributed by atoms with van der Waals surface area (Å²) in [6, 6.07) is 7.80. The minimum Gasteiger partial charge on any atom is -0.504 e. The largest absolute Gasteiger partial charge is 0.504 e. The van der Waals surface area contributed by atoms with E-state index in [-0.39, 0.29) is 17.5 Å². The number of methoxy groups -OCH3 is 1. The van der Waals surface area contributed by atoms with E-state index in [1.165, 1.54) is 16.7 Å². The molecule has 2 aromatic rings. The Labute approximate surface area is 153 Å². The molecular weight excluding hydrogens is 330 g/mol. The van der Waals surface area contributed by atoms with Crippen LogP contribution < -0.4 is 9.47 Å². The van der Waals surface area contributed by atoms with Crippen LogP contribution in [0.15, 0.2) is 24.3 Å². The van der Waals surface area contributed by atoms with Crippen molar-refractivity contribution in [2.45, 2.75) is 38.8 Å². The van der Waals surface area contributed by atoms with Crippen molar-refractivity contribution in [3.8, 4) is 23.0 Å². The number of rotatable bonds is 4. The summed E-state index contributed by atoms with van der Waals surface area (Å²) in [6.45, 7) is 4.34. The number of ether oxygens (including phenoxy) is 2. The Hall–Kier alpha value is -2.40. The molecule has 0 bridgehead atoms. The van der Waals surface area contributed by atoms with Crippen LogP contribution in [0.4, 0.5) is 0 Å². The molecule has 0 saturated carbocycles. The standard InChI is InChI=1S/C21H25NO4/c1-3-8-26-20-10-14-6-7-22-12-16-13(4-5-18(23)21(16)25-2)9-17(22)15(14)11-19(20)24/h4-5,10-11,17,23-24H,3,6-9,12H2,1-2H3/t17-/m0/s1. The molecular formula is C21H25NO4. The van der Waals surface area contributed by atoms with Gasteiger partial charge >= 0.3 is 0 Å². The van der Waals surface area contributed by atoms with Crippen LogP contribution in [0.5, 0.6) is 23.0 Å². The fourth-order valence-electron chi connectivity index (χ4n) is 4.19. The van der Waals surface area contributed by atoms with Crippen molar-refractivity contribution in [3.05, 3.63) is 46.5 Å². The summed E-state index contributed by atoms with van der Waals surface area (Å²) in [7, 11) is 1.60. The van der Waals surface area contributed by atoms with Gasteiger partial charge in [-0.05, 0) is 54.2 Å². The molecule has 0 saturated heterocycles. The quantitative estimate of drug-likeness (QED) is 0.878. The van der Waals surface area contributed by atoms with Gasteiger partial charge in [0.15, 0.2) is 23.0 Å². The van der Waals surface area contributed by atoms with Gasteiger partial charge in [-0.25, -0.2) is 0 Å². The highest BCUT2D eigenvalue weighted by Gasteiger charge is 2.34. The number of phenols is 2. The molecule has 0 radical (unpaired) electrons. The van der Waals surface area contributed by atoms with Crippen molar-refractivity contribution in [2.24, 2.45) is 0 Å². The fraction of sp³-hybridized carbons (Fsp3) is 0.429. The zero-order valence-corrected chi connectivity index (χ0v) is 15.3. The molecule has 0 unspecified atom stereocenters. The number of hydrogen-bond acceptors (Lipinski definition) is 5. The third-order valence-corrected chi connectivity index (χ3v) is 5.47. The van der Waals surface area contributed by atoms with Crippen molar-refractivity contribution < 1.29 is 19.7 Å². The molecule has 0 fully saturated rings. The van der Waals surface area contributed by atoms with Crippen LogP contribution in [0.25, 0.3) is 0 Å². The van der Waals surface area contributed by atoms with E-state index in [1.54, 1.807) is 13.2 Å². The van der Waals surface area contributed by atoms with Gasteiger partial charge in [0, 0.05) is 24.7 Å². The van der Waals surface area contributed by atoms with Crippen molar-refractivity contribution in [1.82, 2.24) is 4.90 Å². The van der Waals surface area contributed by atoms with Gasteiger partial charge in [-0.3, -0.25) is 4.90 Å². The number of hydrogen-bond donors (Lipinski definition) is 2. The summed E-state index contributed by atoms with van der Waals surface area (Å²) in [6.07, 6.45) is 2.68. The van der Waals surface area contributed by atoms with Crippen molar-refractivity contribution in [3.63, 3.8) is 0 Å². The van der Waals surface area contributed by atoms with Gasteiger partial charge < -0.3 is 19.7 Å². The highest BCUT2D eigenvalue weighted by Crippen LogP contribution is 2.45. The van der Waals surface area contributed by atoms with Gasteiger partial charge in [0.1, 0.15) is 0 Å². The summed E-state index contributed by atoms with van der Waals surface area (Å²) in [5.74, 6) is 1.57. The molecule has 2 aliphatic rings. The maximum atomic E-state index is 10.4. The van der Waals surface area contributed by atoms with Crippen molar-refractivity contribution in [1.29, 1.82) is 0 Å². The lowest BCUT2D eigenvalue weighted by Crippen LogP contribution is -2.39. The van der Waals surface area contributed by atoms with Crippen molar-refractivity contribution in [2.75, 3.05) is 20.3 Å². The van der Waals surface area contributed by atoms with E-state index >= 15 is 0 Å². The van der Waals surface area contributed by atoms with Gasteiger partial charge in [-0.2, -0.15) is 0 Å². The highest BCUT2D eigenvalue weighted by atomic mass is 16.5. The third-order valence-electron chi connectivity index (χ3n) is 5.47. The van der Waals surface area contributed by atoms with E-state index < -0.39 is 0 Å². The van der Waals surface area contributed by atoms with Crippen LogP contribution in [0.2, 0.25) is 0 Å². The van der Waals surface area contributed by atoms with E-state index in [4.69, 9.17) is 9.47 Å². The van der Waals surface area contributed by atoms with Crippen LogP contribution in [0, 0.1) is 0 Å². The summed E-state index contributed by atoms with van der Waals surface area (Å²) in [5.41, 5.74) is 4.69. The normalized spacial score (nSPS) is 18.6. The first-order chi connectivity index (χ1) is 12.6. The van der Waals surface area contributed by atoms with Gasteiger partial charge in [-0.15, -0.1) is 0 Å². The Morgan fingerprint density at radius 2 is 2.00 bits per heavy atom. The minimum absolute atomic E-state index is 0.192. The maximum Gasteiger partial charge on any atom is 0.165 e. The molecule has 2 N–H and O–H groups in total. The third kappa shape index (κ3) is 2.76. The lowest BCUT2D eigenvalue weighted by atomic mass is 9.83. The van der Waals surface area contributed by atoms with Gasteiger partial charge in [0.05, 0.1) is 13.7 Å². The van der Waals surface area contributed by atoms with E-state index in [2.05, 4.69) is 11.8 Å². The average molecular weight is 355 g/mol. The lowest BCUT2D eigenvalue weighted by Gasteiger charge is -2.42. The Bertz CT molecular complexity index is 833. The van der Waals surface area contributed by atoms with E-state index in [0.29, 0.717) is 18.1 Å². The molecule has 5 heteroatoms.